The average Bonchev–Trinajstić information content (AvgIpc) is 2.91. The van der Waals surface area contributed by atoms with Gasteiger partial charge < -0.3 is 10.4 Å². The van der Waals surface area contributed by atoms with Crippen LogP contribution in [0.1, 0.15) is 0 Å². The van der Waals surface area contributed by atoms with Crippen molar-refractivity contribution in [3.63, 3.8) is 0 Å². The molecule has 2 unspecified atom stereocenters. The Hall–Kier alpha value is 3.27. The molecule has 38 heavy (non-hydrogen) atoms. The maximum absolute atomic E-state index is 11.9. The van der Waals surface area contributed by atoms with E-state index < -0.39 is 21.6 Å². The quantitative estimate of drug-likeness (QED) is 0.0259. The maximum Gasteiger partial charge on any atom is 0.280 e. The highest BCUT2D eigenvalue weighted by Crippen LogP contribution is 2.24. The number of hydrogen-bond donors (Lipinski definition) is 3. The summed E-state index contributed by atoms with van der Waals surface area (Å²) in [5.74, 6) is 1.71. The van der Waals surface area contributed by atoms with E-state index in [4.69, 9.17) is 5.11 Å². The van der Waals surface area contributed by atoms with Gasteiger partial charge in [-0.2, -0.15) is 12.6 Å². The molecule has 0 saturated heterocycles. The molecule has 0 saturated carbocycles. The molecule has 0 aromatic heterocycles. The van der Waals surface area contributed by atoms with Crippen molar-refractivity contribution in [3.05, 3.63) is 0 Å². The Balaban J connectivity index is 3.32. The number of thioether (sulfide) groups is 11. The molecule has 224 valence electrons. The number of rotatable bonds is 28. The van der Waals surface area contributed by atoms with Crippen molar-refractivity contribution in [1.29, 1.82) is 0 Å². The fraction of sp³-hybridized carbons (Fsp3) is 0.824. The third-order valence-corrected chi connectivity index (χ3v) is 18.7. The second-order valence-corrected chi connectivity index (χ2v) is 22.9. The topological polar surface area (TPSA) is 108 Å². The number of hydrogen-bond acceptors (Lipinski definition) is 18. The lowest BCUT2D eigenvalue weighted by molar-refractivity contribution is 0.262. The van der Waals surface area contributed by atoms with Gasteiger partial charge in [0.25, 0.3) is 5.24 Å². The fourth-order valence-corrected chi connectivity index (χ4v) is 16.0. The standard InChI is InChI=1S/C17H33N3O4S14/c21-6-28-9-34-15-38(24)5-19-2-26-7-29-10-30-8-27-3-20-17(22)36-14-33-12-31-11-32-13-35-16-37(23)4-18-1-25/h4-5,21,25H,1-3,6-16H2,(H,20,22)/b18-4-,19-5-. The summed E-state index contributed by atoms with van der Waals surface area (Å²) in [6.45, 7) is 0. The van der Waals surface area contributed by atoms with Crippen LogP contribution < -0.4 is 5.32 Å². The summed E-state index contributed by atoms with van der Waals surface area (Å²) < 4.78 is 23.2. The molecule has 1 amide bonds. The van der Waals surface area contributed by atoms with Gasteiger partial charge in [0.05, 0.1) is 66.4 Å². The van der Waals surface area contributed by atoms with Gasteiger partial charge >= 0.3 is 0 Å². The number of amides is 1. The Morgan fingerprint density at radius 2 is 1.21 bits per heavy atom. The van der Waals surface area contributed by atoms with Crippen LogP contribution in [0.5, 0.6) is 0 Å². The maximum atomic E-state index is 11.9. The van der Waals surface area contributed by atoms with E-state index in [2.05, 4.69) is 27.9 Å². The first-order chi connectivity index (χ1) is 18.6. The zero-order valence-electron chi connectivity index (χ0n) is 20.4. The first-order valence-corrected chi connectivity index (χ1v) is 26.2. The highest BCUT2D eigenvalue weighted by molar-refractivity contribution is 8.30. The Kier molecular flexibility index (Phi) is 37.7. The second kappa shape index (κ2) is 34.8. The lowest BCUT2D eigenvalue weighted by Gasteiger charge is -2.05. The van der Waals surface area contributed by atoms with Crippen LogP contribution in [0.25, 0.3) is 0 Å². The van der Waals surface area contributed by atoms with E-state index in [1.165, 1.54) is 46.4 Å². The molecule has 0 aromatic rings. The first kappa shape index (κ1) is 41.3. The molecule has 0 aromatic carbocycles. The van der Waals surface area contributed by atoms with Crippen LogP contribution in [0.2, 0.25) is 0 Å². The number of nitrogens with one attached hydrogen (secondary N) is 1. The van der Waals surface area contributed by atoms with Gasteiger partial charge in [-0.05, 0) is 0 Å². The molecule has 2 N–H and O–H groups in total. The van der Waals surface area contributed by atoms with Crippen molar-refractivity contribution in [2.75, 3.05) is 74.4 Å². The minimum absolute atomic E-state index is 0.0233. The number of carbonyl (C=O) groups is 1. The van der Waals surface area contributed by atoms with Gasteiger partial charge in [-0.3, -0.25) is 23.2 Å². The highest BCUT2D eigenvalue weighted by Gasteiger charge is 2.02. The molecule has 21 heteroatoms. The van der Waals surface area contributed by atoms with E-state index in [1.54, 1.807) is 47.0 Å². The lowest BCUT2D eigenvalue weighted by atomic mass is 11.2. The molecule has 0 aliphatic heterocycles. The summed E-state index contributed by atoms with van der Waals surface area (Å²) in [5.41, 5.74) is 2.98. The zero-order valence-corrected chi connectivity index (χ0v) is 31.9. The third-order valence-electron chi connectivity index (χ3n) is 2.88. The van der Waals surface area contributed by atoms with Gasteiger partial charge in [0, 0.05) is 40.7 Å². The molecular weight excluding hydrogens is 759 g/mol. The minimum Gasteiger partial charge on any atom is -0.386 e. The molecule has 2 atom stereocenters. The smallest absolute Gasteiger partial charge is 0.280 e. The zero-order chi connectivity index (χ0) is 27.9. The predicted octanol–water partition coefficient (Wildman–Crippen LogP) is 6.64. The van der Waals surface area contributed by atoms with Crippen LogP contribution in [0.4, 0.5) is 4.79 Å². The molecule has 0 rings (SSSR count). The number of carbonyl (C=O) groups excluding carboxylic acids is 1. The largest absolute Gasteiger partial charge is 0.386 e. The summed E-state index contributed by atoms with van der Waals surface area (Å²) in [5, 5.41) is 19.9. The van der Waals surface area contributed by atoms with E-state index in [0.717, 1.165) is 40.7 Å². The van der Waals surface area contributed by atoms with Gasteiger partial charge in [-0.1, -0.05) is 11.8 Å². The van der Waals surface area contributed by atoms with Gasteiger partial charge in [0.15, 0.2) is 0 Å². The molecule has 0 radical (unpaired) electrons. The Labute approximate surface area is 284 Å². The summed E-state index contributed by atoms with van der Waals surface area (Å²) in [6, 6.07) is 0. The van der Waals surface area contributed by atoms with Crippen LogP contribution in [0.3, 0.4) is 0 Å². The van der Waals surface area contributed by atoms with E-state index in [-0.39, 0.29) is 11.2 Å². The molecule has 7 nitrogen and oxygen atoms in total. The average molecular weight is 792 g/mol. The normalized spacial score (nSPS) is 13.4. The van der Waals surface area contributed by atoms with Gasteiger partial charge in [0.1, 0.15) is 0 Å². The SMILES string of the molecule is O=C(NCSCSCSCSC/N=C\S(=O)CSCSCO)SCSCSCSCSCS(=O)/C=N\CS. The summed E-state index contributed by atoms with van der Waals surface area (Å²) in [4.78, 5) is 19.9. The number of thiol groups is 1. The van der Waals surface area contributed by atoms with Crippen molar-refractivity contribution in [2.24, 2.45) is 9.98 Å². The molecule has 0 aliphatic rings. The first-order valence-electron chi connectivity index (χ1n) is 10.2. The van der Waals surface area contributed by atoms with Crippen LogP contribution in [-0.4, -0.2) is 104 Å². The Bertz CT molecular complexity index is 665. The fourth-order valence-electron chi connectivity index (χ4n) is 1.53. The van der Waals surface area contributed by atoms with Crippen molar-refractivity contribution in [2.45, 2.75) is 0 Å². The molecule has 0 spiro atoms. The molecular formula is C17H33N3O4S14. The molecule has 0 aliphatic carbocycles. The van der Waals surface area contributed by atoms with E-state index in [0.29, 0.717) is 27.8 Å². The number of aliphatic imine (C=N–C) groups is 2. The molecule has 0 bridgehead atoms. The van der Waals surface area contributed by atoms with E-state index in [1.807, 2.05) is 47.0 Å². The van der Waals surface area contributed by atoms with Crippen molar-refractivity contribution < 1.29 is 18.3 Å². The number of aliphatic hydroxyl groups is 1. The summed E-state index contributed by atoms with van der Waals surface area (Å²) in [7, 11) is -2.05. The van der Waals surface area contributed by atoms with Crippen LogP contribution in [0.15, 0.2) is 9.98 Å². The van der Waals surface area contributed by atoms with Crippen molar-refractivity contribution in [1.82, 2.24) is 5.32 Å². The summed E-state index contributed by atoms with van der Waals surface area (Å²) >= 11 is 22.3. The van der Waals surface area contributed by atoms with E-state index >= 15 is 0 Å². The predicted molar refractivity (Wildman–Crippen MR) is 205 cm³/mol. The van der Waals surface area contributed by atoms with Gasteiger partial charge in [-0.15, -0.1) is 118 Å². The van der Waals surface area contributed by atoms with Gasteiger partial charge in [-0.25, -0.2) is 0 Å². The van der Waals surface area contributed by atoms with Crippen LogP contribution >= 0.6 is 142 Å². The van der Waals surface area contributed by atoms with Crippen LogP contribution in [-0.2, 0) is 21.6 Å². The van der Waals surface area contributed by atoms with Gasteiger partial charge in [0.2, 0.25) is 0 Å². The van der Waals surface area contributed by atoms with Crippen molar-refractivity contribution in [3.8, 4) is 0 Å². The number of aliphatic hydroxyl groups excluding tert-OH is 1. The molecule has 0 heterocycles. The lowest BCUT2D eigenvalue weighted by Crippen LogP contribution is -2.17. The van der Waals surface area contributed by atoms with Crippen molar-refractivity contribution >= 4 is 180 Å². The minimum atomic E-state index is -1.05. The van der Waals surface area contributed by atoms with Crippen LogP contribution in [0, 0.1) is 0 Å². The molecule has 0 fully saturated rings. The Morgan fingerprint density at radius 1 is 0.711 bits per heavy atom. The Morgan fingerprint density at radius 3 is 1.82 bits per heavy atom. The number of nitrogens with zero attached hydrogens (tertiary/aromatic N) is 2. The third kappa shape index (κ3) is 33.8. The second-order valence-electron chi connectivity index (χ2n) is 5.71. The van der Waals surface area contributed by atoms with E-state index in [9.17, 15) is 13.2 Å². The monoisotopic (exact) mass is 791 g/mol. The highest BCUT2D eigenvalue weighted by atomic mass is 32.3. The summed E-state index contributed by atoms with van der Waals surface area (Å²) in [6.07, 6.45) is 0.